The van der Waals surface area contributed by atoms with Crippen LogP contribution >= 0.6 is 11.6 Å². The highest BCUT2D eigenvalue weighted by Crippen LogP contribution is 2.65. The molecule has 2 aliphatic carbocycles. The number of hydrogen-bond acceptors (Lipinski definition) is 5. The van der Waals surface area contributed by atoms with Crippen LogP contribution in [0.15, 0.2) is 55.1 Å². The minimum atomic E-state index is -1.01. The summed E-state index contributed by atoms with van der Waals surface area (Å²) in [5, 5.41) is 23.8. The summed E-state index contributed by atoms with van der Waals surface area (Å²) in [7, 11) is 1.80. The molecule has 5 atom stereocenters. The summed E-state index contributed by atoms with van der Waals surface area (Å²) in [6.45, 7) is 5.44. The van der Waals surface area contributed by atoms with Crippen LogP contribution in [0.3, 0.4) is 0 Å². The maximum Gasteiger partial charge on any atom is 0.246 e. The van der Waals surface area contributed by atoms with Gasteiger partial charge in [0.25, 0.3) is 0 Å². The van der Waals surface area contributed by atoms with Crippen molar-refractivity contribution in [1.82, 2.24) is 9.80 Å². The summed E-state index contributed by atoms with van der Waals surface area (Å²) in [6, 6.07) is 10.7. The average Bonchev–Trinajstić information content (AvgIpc) is 3.21. The minimum Gasteiger partial charge on any atom is -0.504 e. The summed E-state index contributed by atoms with van der Waals surface area (Å²) in [6.07, 6.45) is 7.34. The van der Waals surface area contributed by atoms with Gasteiger partial charge in [-0.15, -0.1) is 6.58 Å². The van der Waals surface area contributed by atoms with Gasteiger partial charge in [0.05, 0.1) is 17.1 Å². The van der Waals surface area contributed by atoms with Crippen molar-refractivity contribution in [3.8, 4) is 11.5 Å². The number of benzene rings is 2. The fraction of sp³-hybridized carbons (Fsp3) is 0.414. The summed E-state index contributed by atoms with van der Waals surface area (Å²) in [5.41, 5.74) is 1.23. The van der Waals surface area contributed by atoms with Crippen LogP contribution in [-0.4, -0.2) is 69.8 Å². The van der Waals surface area contributed by atoms with Crippen molar-refractivity contribution >= 4 is 23.6 Å². The zero-order valence-electron chi connectivity index (χ0n) is 20.4. The number of rotatable bonds is 5. The molecule has 2 aromatic rings. The topological polar surface area (TPSA) is 73.2 Å². The van der Waals surface area contributed by atoms with E-state index in [1.54, 1.807) is 36.2 Å². The second-order valence-electron chi connectivity index (χ2n) is 10.6. The molecule has 188 valence electrons. The Bertz CT molecular complexity index is 1280. The van der Waals surface area contributed by atoms with Crippen LogP contribution < -0.4 is 4.74 Å². The number of likely N-dealkylation sites (tertiary alicyclic amines) is 1. The van der Waals surface area contributed by atoms with Crippen LogP contribution in [0.2, 0.25) is 5.02 Å². The van der Waals surface area contributed by atoms with Gasteiger partial charge in [0.1, 0.15) is 6.10 Å². The number of carbonyl (C=O) groups is 1. The van der Waals surface area contributed by atoms with Gasteiger partial charge in [0.2, 0.25) is 5.91 Å². The molecule has 1 spiro atoms. The molecule has 1 amide bonds. The molecule has 2 N–H and O–H groups in total. The Kier molecular flexibility index (Phi) is 5.48. The van der Waals surface area contributed by atoms with E-state index < -0.39 is 17.1 Å². The number of ether oxygens (including phenoxy) is 1. The zero-order valence-corrected chi connectivity index (χ0v) is 21.1. The van der Waals surface area contributed by atoms with Crippen LogP contribution in [-0.2, 0) is 16.6 Å². The molecule has 2 bridgehead atoms. The molecule has 1 saturated heterocycles. The van der Waals surface area contributed by atoms with E-state index in [4.69, 9.17) is 16.3 Å². The molecule has 2 unspecified atom stereocenters. The Hall–Kier alpha value is -2.80. The van der Waals surface area contributed by atoms with E-state index in [-0.39, 0.29) is 23.7 Å². The number of phenols is 1. The van der Waals surface area contributed by atoms with Crippen LogP contribution in [0.25, 0.3) is 6.08 Å². The number of likely N-dealkylation sites (N-methyl/N-ethyl adjacent to an activating group) is 1. The first-order valence-corrected chi connectivity index (χ1v) is 13.0. The molecule has 0 aromatic heterocycles. The summed E-state index contributed by atoms with van der Waals surface area (Å²) >= 11 is 6.09. The van der Waals surface area contributed by atoms with Crippen LogP contribution in [0.5, 0.6) is 11.5 Å². The van der Waals surface area contributed by atoms with Crippen LogP contribution in [0, 0.1) is 0 Å². The lowest BCUT2D eigenvalue weighted by atomic mass is 9.48. The lowest BCUT2D eigenvalue weighted by molar-refractivity contribution is -0.198. The van der Waals surface area contributed by atoms with Crippen molar-refractivity contribution in [2.24, 2.45) is 0 Å². The molecule has 6 nitrogen and oxygen atoms in total. The van der Waals surface area contributed by atoms with Crippen molar-refractivity contribution in [1.29, 1.82) is 0 Å². The quantitative estimate of drug-likeness (QED) is 0.475. The van der Waals surface area contributed by atoms with E-state index in [2.05, 4.69) is 11.5 Å². The third-order valence-corrected chi connectivity index (χ3v) is 9.25. The van der Waals surface area contributed by atoms with Crippen molar-refractivity contribution in [3.63, 3.8) is 0 Å². The second-order valence-corrected chi connectivity index (χ2v) is 11.0. The molecule has 1 saturated carbocycles. The molecule has 2 heterocycles. The van der Waals surface area contributed by atoms with E-state index in [0.717, 1.165) is 23.2 Å². The van der Waals surface area contributed by atoms with E-state index >= 15 is 0 Å². The van der Waals surface area contributed by atoms with Gasteiger partial charge >= 0.3 is 0 Å². The van der Waals surface area contributed by atoms with E-state index in [0.29, 0.717) is 43.0 Å². The Balaban J connectivity index is 1.38. The molecule has 36 heavy (non-hydrogen) atoms. The number of halogens is 1. The predicted octanol–water partition coefficient (Wildman–Crippen LogP) is 3.93. The number of aromatic hydroxyl groups is 1. The summed E-state index contributed by atoms with van der Waals surface area (Å²) in [5.74, 6) is 0.441. The Morgan fingerprint density at radius 3 is 2.94 bits per heavy atom. The summed E-state index contributed by atoms with van der Waals surface area (Å²) < 4.78 is 6.55. The third-order valence-electron chi connectivity index (χ3n) is 9.02. The number of phenolic OH excluding ortho intramolecular Hbond substituents is 1. The Morgan fingerprint density at radius 1 is 1.33 bits per heavy atom. The highest BCUT2D eigenvalue weighted by atomic mass is 35.5. The monoisotopic (exact) mass is 506 g/mol. The molecule has 7 heteroatoms. The maximum atomic E-state index is 13.3. The van der Waals surface area contributed by atoms with Crippen molar-refractivity contribution in [2.75, 3.05) is 20.1 Å². The van der Waals surface area contributed by atoms with Crippen LogP contribution in [0.1, 0.15) is 36.0 Å². The largest absolute Gasteiger partial charge is 0.504 e. The van der Waals surface area contributed by atoms with Gasteiger partial charge in [0, 0.05) is 36.3 Å². The number of hydrogen-bond donors (Lipinski definition) is 2. The number of piperidine rings is 1. The van der Waals surface area contributed by atoms with Gasteiger partial charge in [-0.25, -0.2) is 0 Å². The second kappa shape index (κ2) is 8.37. The van der Waals surface area contributed by atoms with Gasteiger partial charge in [-0.1, -0.05) is 35.9 Å². The lowest BCUT2D eigenvalue weighted by Crippen LogP contribution is -2.78. The number of carbonyl (C=O) groups excluding carboxylic acids is 1. The third kappa shape index (κ3) is 3.14. The molecular weight excluding hydrogens is 476 g/mol. The molecule has 2 aromatic carbocycles. The van der Waals surface area contributed by atoms with Crippen molar-refractivity contribution < 1.29 is 19.7 Å². The first-order valence-electron chi connectivity index (χ1n) is 12.6. The minimum absolute atomic E-state index is 0.0666. The fourth-order valence-corrected chi connectivity index (χ4v) is 7.64. The molecular formula is C29H31ClN2O4. The first kappa shape index (κ1) is 23.6. The van der Waals surface area contributed by atoms with E-state index in [1.807, 2.05) is 30.3 Å². The maximum absolute atomic E-state index is 13.3. The SMILES string of the molecule is C=CCN1CC[C@]23c4c5ccc(O)c4OC2C(N(C)C(=O)/C=C/c2cccc(Cl)c2)CC[C@@]3(O)[C@H]1C5. The van der Waals surface area contributed by atoms with Crippen molar-refractivity contribution in [3.05, 3.63) is 76.8 Å². The number of aliphatic hydroxyl groups is 1. The zero-order chi connectivity index (χ0) is 25.2. The summed E-state index contributed by atoms with van der Waals surface area (Å²) in [4.78, 5) is 17.4. The van der Waals surface area contributed by atoms with Gasteiger partial charge in [0.15, 0.2) is 11.5 Å². The Labute approximate surface area is 216 Å². The molecule has 4 aliphatic rings. The lowest BCUT2D eigenvalue weighted by Gasteiger charge is -2.64. The molecule has 2 fully saturated rings. The highest BCUT2D eigenvalue weighted by Gasteiger charge is 2.73. The molecule has 0 radical (unpaired) electrons. The smallest absolute Gasteiger partial charge is 0.246 e. The number of nitrogens with zero attached hydrogens (tertiary/aromatic N) is 2. The van der Waals surface area contributed by atoms with Gasteiger partial charge < -0.3 is 19.8 Å². The van der Waals surface area contributed by atoms with Gasteiger partial charge in [-0.2, -0.15) is 0 Å². The van der Waals surface area contributed by atoms with E-state index in [1.165, 1.54) is 0 Å². The standard InChI is InChI=1S/C29H31ClN2O4/c1-3-14-32-15-13-28-25-19-8-9-22(33)26(25)36-27(28)21(11-12-29(28,35)23(32)17-19)31(2)24(34)10-7-18-5-4-6-20(30)16-18/h3-10,16,21,23,27,33,35H,1,11-15,17H2,2H3/b10-7+/t21?,23-,27?,28+,29-/m1/s1. The predicted molar refractivity (Wildman–Crippen MR) is 139 cm³/mol. The van der Waals surface area contributed by atoms with Crippen molar-refractivity contribution in [2.45, 2.75) is 54.9 Å². The van der Waals surface area contributed by atoms with Gasteiger partial charge in [-0.05, 0) is 67.6 Å². The number of amides is 1. The molecule has 2 aliphatic heterocycles. The Morgan fingerprint density at radius 2 is 2.17 bits per heavy atom. The van der Waals surface area contributed by atoms with Gasteiger partial charge in [-0.3, -0.25) is 9.69 Å². The van der Waals surface area contributed by atoms with E-state index in [9.17, 15) is 15.0 Å². The highest BCUT2D eigenvalue weighted by molar-refractivity contribution is 6.30. The van der Waals surface area contributed by atoms with Crippen LogP contribution in [0.4, 0.5) is 0 Å². The first-order chi connectivity index (χ1) is 17.3. The normalized spacial score (nSPS) is 32.1. The average molecular weight is 507 g/mol. The fourth-order valence-electron chi connectivity index (χ4n) is 7.44. The molecule has 6 rings (SSSR count).